The lowest BCUT2D eigenvalue weighted by Crippen LogP contribution is -2.30. The molecule has 0 fully saturated rings. The highest BCUT2D eigenvalue weighted by Crippen LogP contribution is 2.17. The number of hydrogen-bond acceptors (Lipinski definition) is 3. The van der Waals surface area contributed by atoms with Crippen LogP contribution >= 0.6 is 11.3 Å². The molecule has 0 bridgehead atoms. The Labute approximate surface area is 142 Å². The Morgan fingerprint density at radius 3 is 2.46 bits per heavy atom. The Kier molecular flexibility index (Phi) is 6.08. The summed E-state index contributed by atoms with van der Waals surface area (Å²) in [5.74, 6) is 0.0824. The average Bonchev–Trinajstić information content (AvgIpc) is 2.89. The molecule has 0 aliphatic heterocycles. The van der Waals surface area contributed by atoms with Crippen molar-refractivity contribution in [1.29, 1.82) is 0 Å². The molecule has 5 nitrogen and oxygen atoms in total. The number of carbonyl (C=O) groups is 1. The van der Waals surface area contributed by atoms with Crippen molar-refractivity contribution >= 4 is 17.4 Å². The number of halogens is 2. The second-order valence-corrected chi connectivity index (χ2v) is 6.15. The Morgan fingerprint density at radius 2 is 1.92 bits per heavy atom. The number of hydrogen-bond donors (Lipinski definition) is 0. The number of carbonyl (C=O) groups excluding carboxylic acids is 1. The van der Waals surface area contributed by atoms with Crippen molar-refractivity contribution < 1.29 is 18.3 Å². The van der Waals surface area contributed by atoms with Gasteiger partial charge < -0.3 is 9.64 Å². The minimum atomic E-state index is -2.86. The monoisotopic (exact) mass is 355 g/mol. The van der Waals surface area contributed by atoms with E-state index in [0.29, 0.717) is 23.6 Å². The highest BCUT2D eigenvalue weighted by Gasteiger charge is 2.10. The fourth-order valence-corrected chi connectivity index (χ4v) is 2.98. The molecule has 0 aliphatic rings. The van der Waals surface area contributed by atoms with Crippen LogP contribution in [-0.4, -0.2) is 35.2 Å². The summed E-state index contributed by atoms with van der Waals surface area (Å²) in [7, 11) is 0. The van der Waals surface area contributed by atoms with Gasteiger partial charge in [0.05, 0.1) is 0 Å². The van der Waals surface area contributed by atoms with E-state index < -0.39 is 6.61 Å². The van der Waals surface area contributed by atoms with Crippen LogP contribution in [0.3, 0.4) is 0 Å². The molecule has 0 radical (unpaired) electrons. The maximum absolute atomic E-state index is 12.2. The molecule has 0 unspecified atom stereocenters. The Morgan fingerprint density at radius 1 is 1.29 bits per heavy atom. The summed E-state index contributed by atoms with van der Waals surface area (Å²) in [6.45, 7) is 4.02. The van der Waals surface area contributed by atoms with Crippen molar-refractivity contribution in [3.63, 3.8) is 0 Å². The Bertz CT molecular complexity index is 749. The lowest BCUT2D eigenvalue weighted by atomic mass is 10.3. The molecule has 1 aromatic carbocycles. The summed E-state index contributed by atoms with van der Waals surface area (Å²) in [5.41, 5.74) is 0.715. The largest absolute Gasteiger partial charge is 0.435 e. The number of ether oxygens (including phenoxy) is 1. The van der Waals surface area contributed by atoms with Gasteiger partial charge in [-0.05, 0) is 45.0 Å². The van der Waals surface area contributed by atoms with Gasteiger partial charge in [-0.2, -0.15) is 13.8 Å². The number of amides is 2. The number of benzene rings is 1. The van der Waals surface area contributed by atoms with Crippen LogP contribution < -0.4 is 9.54 Å². The summed E-state index contributed by atoms with van der Waals surface area (Å²) in [6, 6.07) is 5.90. The molecule has 1 aromatic heterocycles. The molecule has 2 rings (SSSR count). The third-order valence-corrected chi connectivity index (χ3v) is 4.23. The quantitative estimate of drug-likeness (QED) is 0.819. The first-order chi connectivity index (χ1) is 11.4. The molecule has 0 aliphatic carbocycles. The second kappa shape index (κ2) is 8.05. The van der Waals surface area contributed by atoms with E-state index in [-0.39, 0.29) is 11.8 Å². The number of nitrogens with zero attached hydrogens (tertiary/aromatic N) is 3. The summed E-state index contributed by atoms with van der Waals surface area (Å²) in [6.07, 6.45) is 1.85. The molecule has 1 heterocycles. The Balaban J connectivity index is 2.36. The van der Waals surface area contributed by atoms with Crippen LogP contribution in [0.15, 0.2) is 35.5 Å². The minimum absolute atomic E-state index is 0.0824. The van der Waals surface area contributed by atoms with Gasteiger partial charge in [0.15, 0.2) is 4.80 Å². The highest BCUT2D eigenvalue weighted by molar-refractivity contribution is 7.09. The van der Waals surface area contributed by atoms with Gasteiger partial charge in [-0.1, -0.05) is 0 Å². The van der Waals surface area contributed by atoms with Crippen LogP contribution in [-0.2, 0) is 0 Å². The summed E-state index contributed by atoms with van der Waals surface area (Å²) >= 11 is 1.39. The normalized spacial score (nSPS) is 11.8. The fraction of sp³-hybridized carbons (Fsp3) is 0.375. The summed E-state index contributed by atoms with van der Waals surface area (Å²) in [5, 5.41) is 0. The lowest BCUT2D eigenvalue weighted by molar-refractivity contribution is -0.0498. The van der Waals surface area contributed by atoms with Gasteiger partial charge in [0.2, 0.25) is 0 Å². The molecule has 0 spiro atoms. The molecule has 8 heteroatoms. The molecule has 0 atom stereocenters. The van der Waals surface area contributed by atoms with Gasteiger partial charge in [-0.15, -0.1) is 11.3 Å². The third kappa shape index (κ3) is 4.41. The summed E-state index contributed by atoms with van der Waals surface area (Å²) in [4.78, 5) is 19.5. The first kappa shape index (κ1) is 18.1. The minimum Gasteiger partial charge on any atom is -0.435 e. The predicted octanol–water partition coefficient (Wildman–Crippen LogP) is 3.81. The van der Waals surface area contributed by atoms with Crippen molar-refractivity contribution in [3.8, 4) is 11.4 Å². The average molecular weight is 355 g/mol. The number of rotatable bonds is 5. The van der Waals surface area contributed by atoms with Gasteiger partial charge in [0.1, 0.15) is 5.75 Å². The molecule has 24 heavy (non-hydrogen) atoms. The van der Waals surface area contributed by atoms with E-state index in [0.717, 1.165) is 4.88 Å². The van der Waals surface area contributed by atoms with E-state index in [4.69, 9.17) is 0 Å². The first-order valence-corrected chi connectivity index (χ1v) is 8.34. The van der Waals surface area contributed by atoms with E-state index in [9.17, 15) is 13.6 Å². The van der Waals surface area contributed by atoms with E-state index >= 15 is 0 Å². The molecule has 2 amide bonds. The van der Waals surface area contributed by atoms with Crippen LogP contribution in [0.1, 0.15) is 18.7 Å². The van der Waals surface area contributed by atoms with Gasteiger partial charge in [-0.25, -0.2) is 4.79 Å². The maximum Gasteiger partial charge on any atom is 0.387 e. The van der Waals surface area contributed by atoms with Crippen LogP contribution in [0.25, 0.3) is 5.69 Å². The fourth-order valence-electron chi connectivity index (χ4n) is 2.15. The Hall–Kier alpha value is -2.22. The zero-order valence-corrected chi connectivity index (χ0v) is 14.5. The van der Waals surface area contributed by atoms with Crippen LogP contribution in [0.2, 0.25) is 0 Å². The SMILES string of the molecule is CCN(CC)C(=O)/N=c1\sc(C)cn1-c1ccc(OC(F)F)cc1. The first-order valence-electron chi connectivity index (χ1n) is 7.52. The second-order valence-electron chi connectivity index (χ2n) is 4.93. The lowest BCUT2D eigenvalue weighted by Gasteiger charge is -2.14. The molecule has 0 N–H and O–H groups in total. The molecule has 130 valence electrons. The summed E-state index contributed by atoms with van der Waals surface area (Å²) < 4.78 is 30.5. The number of thiazole rings is 1. The van der Waals surface area contributed by atoms with E-state index in [2.05, 4.69) is 9.73 Å². The van der Waals surface area contributed by atoms with E-state index in [1.807, 2.05) is 27.0 Å². The maximum atomic E-state index is 12.2. The van der Waals surface area contributed by atoms with E-state index in [1.54, 1.807) is 21.6 Å². The van der Waals surface area contributed by atoms with Gasteiger partial charge in [0, 0.05) is 29.9 Å². The zero-order chi connectivity index (χ0) is 17.7. The standard InChI is InChI=1S/C16H19F2N3O2S/c1-4-20(5-2)15(22)19-16-21(10-11(3)24-16)12-6-8-13(9-7-12)23-14(17)18/h6-10,14H,4-5H2,1-3H3/b19-16-. The van der Waals surface area contributed by atoms with Crippen LogP contribution in [0.5, 0.6) is 5.75 Å². The topological polar surface area (TPSA) is 46.8 Å². The number of urea groups is 1. The molecule has 2 aromatic rings. The molecule has 0 saturated heterocycles. The van der Waals surface area contributed by atoms with Crippen molar-refractivity contribution in [1.82, 2.24) is 9.47 Å². The van der Waals surface area contributed by atoms with Crippen molar-refractivity contribution in [2.24, 2.45) is 4.99 Å². The number of aryl methyl sites for hydroxylation is 1. The van der Waals surface area contributed by atoms with Crippen LogP contribution in [0, 0.1) is 6.92 Å². The van der Waals surface area contributed by atoms with Gasteiger partial charge >= 0.3 is 12.6 Å². The molecule has 0 saturated carbocycles. The molecular weight excluding hydrogens is 336 g/mol. The predicted molar refractivity (Wildman–Crippen MR) is 88.9 cm³/mol. The zero-order valence-electron chi connectivity index (χ0n) is 13.7. The highest BCUT2D eigenvalue weighted by atomic mass is 32.1. The molecular formula is C16H19F2N3O2S. The smallest absolute Gasteiger partial charge is 0.387 e. The van der Waals surface area contributed by atoms with Crippen molar-refractivity contribution in [2.75, 3.05) is 13.1 Å². The third-order valence-electron chi connectivity index (χ3n) is 3.33. The van der Waals surface area contributed by atoms with Crippen molar-refractivity contribution in [3.05, 3.63) is 40.1 Å². The van der Waals surface area contributed by atoms with Gasteiger partial charge in [-0.3, -0.25) is 4.57 Å². The van der Waals surface area contributed by atoms with Crippen molar-refractivity contribution in [2.45, 2.75) is 27.4 Å². The van der Waals surface area contributed by atoms with Crippen LogP contribution in [0.4, 0.5) is 13.6 Å². The van der Waals surface area contributed by atoms with E-state index in [1.165, 1.54) is 23.5 Å². The number of alkyl halides is 2. The number of aromatic nitrogens is 1. The van der Waals surface area contributed by atoms with Gasteiger partial charge in [0.25, 0.3) is 0 Å².